The van der Waals surface area contributed by atoms with E-state index in [1.54, 1.807) is 6.20 Å². The first-order chi connectivity index (χ1) is 8.52. The molecule has 18 heavy (non-hydrogen) atoms. The van der Waals surface area contributed by atoms with Gasteiger partial charge in [0, 0.05) is 25.9 Å². The third-order valence-corrected chi connectivity index (χ3v) is 5.69. The molecule has 1 aromatic heterocycles. The molecule has 0 saturated carbocycles. The Morgan fingerprint density at radius 3 is 2.89 bits per heavy atom. The number of imidazole rings is 1. The summed E-state index contributed by atoms with van der Waals surface area (Å²) < 4.78 is 25.0. The normalized spacial score (nSPS) is 24.2. The highest BCUT2D eigenvalue weighted by Crippen LogP contribution is 2.28. The maximum Gasteiger partial charge on any atom is 0.150 e. The highest BCUT2D eigenvalue weighted by atomic mass is 32.2. The van der Waals surface area contributed by atoms with Crippen LogP contribution in [-0.2, 0) is 23.3 Å². The maximum atomic E-state index is 11.5. The van der Waals surface area contributed by atoms with Gasteiger partial charge in [-0.15, -0.1) is 0 Å². The molecule has 1 fully saturated rings. The molecule has 0 radical (unpaired) electrons. The lowest BCUT2D eigenvalue weighted by atomic mass is 9.88. The molecule has 1 aliphatic rings. The summed E-state index contributed by atoms with van der Waals surface area (Å²) in [5.74, 6) is 2.21. The zero-order valence-electron chi connectivity index (χ0n) is 10.7. The van der Waals surface area contributed by atoms with E-state index >= 15 is 0 Å². The van der Waals surface area contributed by atoms with E-state index in [1.165, 1.54) is 0 Å². The molecule has 2 heterocycles. The fourth-order valence-electron chi connectivity index (χ4n) is 2.69. The average molecular weight is 271 g/mol. The van der Waals surface area contributed by atoms with Crippen LogP contribution in [0.2, 0.25) is 0 Å². The molecule has 0 aromatic carbocycles. The van der Waals surface area contributed by atoms with E-state index in [4.69, 9.17) is 5.73 Å². The van der Waals surface area contributed by atoms with Crippen molar-refractivity contribution in [3.63, 3.8) is 0 Å². The van der Waals surface area contributed by atoms with E-state index in [9.17, 15) is 8.42 Å². The summed E-state index contributed by atoms with van der Waals surface area (Å²) in [6.07, 6.45) is 6.26. The number of hydrogen-bond donors (Lipinski definition) is 1. The van der Waals surface area contributed by atoms with Crippen molar-refractivity contribution in [2.24, 2.45) is 24.6 Å². The molecule has 0 spiro atoms. The van der Waals surface area contributed by atoms with Gasteiger partial charge in [0.05, 0.1) is 11.5 Å². The molecule has 0 aliphatic carbocycles. The number of aryl methyl sites for hydroxylation is 2. The number of nitrogens with zero attached hydrogens (tertiary/aromatic N) is 2. The van der Waals surface area contributed by atoms with Gasteiger partial charge >= 0.3 is 0 Å². The lowest BCUT2D eigenvalue weighted by Gasteiger charge is -2.20. The third-order valence-electron chi connectivity index (χ3n) is 3.90. The zero-order valence-corrected chi connectivity index (χ0v) is 11.6. The first-order valence-corrected chi connectivity index (χ1v) is 8.20. The predicted molar refractivity (Wildman–Crippen MR) is 70.8 cm³/mol. The maximum absolute atomic E-state index is 11.5. The molecule has 1 aliphatic heterocycles. The van der Waals surface area contributed by atoms with Gasteiger partial charge in [-0.3, -0.25) is 0 Å². The van der Waals surface area contributed by atoms with E-state index < -0.39 is 9.84 Å². The summed E-state index contributed by atoms with van der Waals surface area (Å²) in [6.45, 7) is 0.560. The van der Waals surface area contributed by atoms with Crippen molar-refractivity contribution in [1.29, 1.82) is 0 Å². The standard InChI is InChI=1S/C12H21N3O2S/c1-15-6-5-14-12(15)3-2-10(8-13)11-4-7-18(16,17)9-11/h5-6,10-11H,2-4,7-9,13H2,1H3. The van der Waals surface area contributed by atoms with Gasteiger partial charge in [-0.1, -0.05) is 0 Å². The van der Waals surface area contributed by atoms with Crippen molar-refractivity contribution in [2.75, 3.05) is 18.1 Å². The average Bonchev–Trinajstić information content (AvgIpc) is 2.87. The van der Waals surface area contributed by atoms with E-state index in [0.717, 1.165) is 25.1 Å². The Morgan fingerprint density at radius 1 is 1.61 bits per heavy atom. The van der Waals surface area contributed by atoms with Crippen LogP contribution in [0.1, 0.15) is 18.7 Å². The summed E-state index contributed by atoms with van der Waals surface area (Å²) in [5, 5.41) is 0. The van der Waals surface area contributed by atoms with Crippen LogP contribution >= 0.6 is 0 Å². The van der Waals surface area contributed by atoms with Crippen molar-refractivity contribution in [3.8, 4) is 0 Å². The Labute approximate surface area is 108 Å². The molecular weight excluding hydrogens is 250 g/mol. The van der Waals surface area contributed by atoms with Crippen molar-refractivity contribution < 1.29 is 8.42 Å². The Kier molecular flexibility index (Phi) is 4.07. The summed E-state index contributed by atoms with van der Waals surface area (Å²) in [5.41, 5.74) is 5.80. The third kappa shape index (κ3) is 3.11. The predicted octanol–water partition coefficient (Wildman–Crippen LogP) is 0.362. The van der Waals surface area contributed by atoms with Crippen LogP contribution in [0.15, 0.2) is 12.4 Å². The SMILES string of the molecule is Cn1ccnc1CCC(CN)C1CCS(=O)(=O)C1. The molecule has 1 saturated heterocycles. The van der Waals surface area contributed by atoms with Gasteiger partial charge in [0.1, 0.15) is 5.82 Å². The number of sulfone groups is 1. The molecule has 0 amide bonds. The second-order valence-electron chi connectivity index (χ2n) is 5.15. The number of hydrogen-bond acceptors (Lipinski definition) is 4. The summed E-state index contributed by atoms with van der Waals surface area (Å²) >= 11 is 0. The number of nitrogens with two attached hydrogens (primary N) is 1. The Morgan fingerprint density at radius 2 is 2.39 bits per heavy atom. The molecule has 2 atom stereocenters. The lowest BCUT2D eigenvalue weighted by Crippen LogP contribution is -2.25. The highest BCUT2D eigenvalue weighted by Gasteiger charge is 2.32. The van der Waals surface area contributed by atoms with Crippen molar-refractivity contribution in [1.82, 2.24) is 9.55 Å². The van der Waals surface area contributed by atoms with E-state index in [2.05, 4.69) is 4.98 Å². The molecule has 102 valence electrons. The second kappa shape index (κ2) is 5.40. The Balaban J connectivity index is 1.92. The second-order valence-corrected chi connectivity index (χ2v) is 7.38. The lowest BCUT2D eigenvalue weighted by molar-refractivity contribution is 0.347. The monoisotopic (exact) mass is 271 g/mol. The number of aromatic nitrogens is 2. The van der Waals surface area contributed by atoms with Crippen LogP contribution in [0.4, 0.5) is 0 Å². The largest absolute Gasteiger partial charge is 0.338 e. The summed E-state index contributed by atoms with van der Waals surface area (Å²) in [6, 6.07) is 0. The quantitative estimate of drug-likeness (QED) is 0.839. The van der Waals surface area contributed by atoms with Gasteiger partial charge < -0.3 is 10.3 Å². The van der Waals surface area contributed by atoms with Crippen molar-refractivity contribution in [3.05, 3.63) is 18.2 Å². The minimum atomic E-state index is -2.81. The summed E-state index contributed by atoms with van der Waals surface area (Å²) in [4.78, 5) is 4.28. The van der Waals surface area contributed by atoms with Gasteiger partial charge in [-0.2, -0.15) is 0 Å². The van der Waals surface area contributed by atoms with Gasteiger partial charge in [0.15, 0.2) is 9.84 Å². The molecule has 5 nitrogen and oxygen atoms in total. The first-order valence-electron chi connectivity index (χ1n) is 6.38. The smallest absolute Gasteiger partial charge is 0.150 e. The van der Waals surface area contributed by atoms with Crippen molar-refractivity contribution >= 4 is 9.84 Å². The zero-order chi connectivity index (χ0) is 13.2. The van der Waals surface area contributed by atoms with E-state index in [-0.39, 0.29) is 5.92 Å². The molecule has 6 heteroatoms. The van der Waals surface area contributed by atoms with Gasteiger partial charge in [-0.05, 0) is 31.2 Å². The van der Waals surface area contributed by atoms with E-state index in [0.29, 0.717) is 24.0 Å². The van der Waals surface area contributed by atoms with Crippen LogP contribution in [0.25, 0.3) is 0 Å². The highest BCUT2D eigenvalue weighted by molar-refractivity contribution is 7.91. The molecule has 2 unspecified atom stereocenters. The first kappa shape index (κ1) is 13.5. The minimum Gasteiger partial charge on any atom is -0.338 e. The van der Waals surface area contributed by atoms with Crippen molar-refractivity contribution in [2.45, 2.75) is 19.3 Å². The topological polar surface area (TPSA) is 78.0 Å². The Hall–Kier alpha value is -0.880. The fourth-order valence-corrected chi connectivity index (χ4v) is 4.61. The van der Waals surface area contributed by atoms with Crippen LogP contribution in [0, 0.1) is 11.8 Å². The molecular formula is C12H21N3O2S. The van der Waals surface area contributed by atoms with Gasteiger partial charge in [-0.25, -0.2) is 13.4 Å². The molecule has 1 aromatic rings. The van der Waals surface area contributed by atoms with Crippen LogP contribution < -0.4 is 5.73 Å². The summed E-state index contributed by atoms with van der Waals surface area (Å²) in [7, 11) is -0.835. The molecule has 0 bridgehead atoms. The van der Waals surface area contributed by atoms with Crippen LogP contribution in [0.3, 0.4) is 0 Å². The van der Waals surface area contributed by atoms with Crippen LogP contribution in [0.5, 0.6) is 0 Å². The number of rotatable bonds is 5. The molecule has 2 N–H and O–H groups in total. The van der Waals surface area contributed by atoms with Crippen LogP contribution in [-0.4, -0.2) is 36.0 Å². The van der Waals surface area contributed by atoms with E-state index in [1.807, 2.05) is 17.8 Å². The van der Waals surface area contributed by atoms with Gasteiger partial charge in [0.25, 0.3) is 0 Å². The van der Waals surface area contributed by atoms with Gasteiger partial charge in [0.2, 0.25) is 0 Å². The Bertz CT molecular complexity index is 495. The fraction of sp³-hybridized carbons (Fsp3) is 0.750. The molecule has 2 rings (SSSR count). The minimum absolute atomic E-state index is 0.236.